The van der Waals surface area contributed by atoms with Crippen molar-refractivity contribution in [3.63, 3.8) is 0 Å². The van der Waals surface area contributed by atoms with Gasteiger partial charge >= 0.3 is 5.97 Å². The molecule has 0 atom stereocenters. The molecular formula is C13H7Br2NO5. The first-order valence-electron chi connectivity index (χ1n) is 5.52. The van der Waals surface area contributed by atoms with E-state index in [9.17, 15) is 14.9 Å². The van der Waals surface area contributed by atoms with Gasteiger partial charge in [0.05, 0.1) is 21.0 Å². The molecule has 8 heteroatoms. The van der Waals surface area contributed by atoms with E-state index in [1.165, 1.54) is 30.3 Å². The highest BCUT2D eigenvalue weighted by Gasteiger charge is 2.12. The highest BCUT2D eigenvalue weighted by atomic mass is 79.9. The lowest BCUT2D eigenvalue weighted by Gasteiger charge is -2.08. The van der Waals surface area contributed by atoms with Crippen LogP contribution in [-0.4, -0.2) is 16.0 Å². The largest absolute Gasteiger partial charge is 0.478 e. The molecule has 0 aromatic heterocycles. The minimum atomic E-state index is -1.06. The maximum absolute atomic E-state index is 10.8. The maximum atomic E-state index is 10.8. The Bertz CT molecular complexity index is 732. The summed E-state index contributed by atoms with van der Waals surface area (Å²) < 4.78 is 6.48. The average molecular weight is 417 g/mol. The molecule has 108 valence electrons. The van der Waals surface area contributed by atoms with Crippen molar-refractivity contribution in [3.05, 3.63) is 61.0 Å². The fourth-order valence-electron chi connectivity index (χ4n) is 1.56. The fourth-order valence-corrected chi connectivity index (χ4v) is 2.48. The summed E-state index contributed by atoms with van der Waals surface area (Å²) in [6.45, 7) is 0. The van der Waals surface area contributed by atoms with Crippen molar-refractivity contribution < 1.29 is 19.6 Å². The lowest BCUT2D eigenvalue weighted by molar-refractivity contribution is -0.385. The zero-order valence-corrected chi connectivity index (χ0v) is 13.4. The Balaban J connectivity index is 2.34. The molecule has 0 bridgehead atoms. The van der Waals surface area contributed by atoms with E-state index < -0.39 is 10.9 Å². The summed E-state index contributed by atoms with van der Waals surface area (Å²) in [4.78, 5) is 21.1. The number of benzene rings is 2. The van der Waals surface area contributed by atoms with Crippen LogP contribution in [0.25, 0.3) is 0 Å². The summed E-state index contributed by atoms with van der Waals surface area (Å²) in [5.74, 6) is -0.437. The van der Waals surface area contributed by atoms with E-state index in [1.54, 1.807) is 6.07 Å². The second kappa shape index (κ2) is 6.23. The molecule has 0 heterocycles. The van der Waals surface area contributed by atoms with Gasteiger partial charge in [0.2, 0.25) is 0 Å². The third-order valence-corrected chi connectivity index (χ3v) is 3.55. The molecule has 0 aliphatic heterocycles. The van der Waals surface area contributed by atoms with Crippen molar-refractivity contribution in [1.29, 1.82) is 0 Å². The van der Waals surface area contributed by atoms with Crippen molar-refractivity contribution >= 4 is 43.5 Å². The number of hydrogen-bond donors (Lipinski definition) is 1. The molecule has 21 heavy (non-hydrogen) atoms. The van der Waals surface area contributed by atoms with Crippen molar-refractivity contribution in [1.82, 2.24) is 0 Å². The molecule has 0 fully saturated rings. The number of non-ortho nitro benzene ring substituents is 1. The molecule has 0 aliphatic rings. The zero-order chi connectivity index (χ0) is 15.6. The highest BCUT2D eigenvalue weighted by Crippen LogP contribution is 2.33. The van der Waals surface area contributed by atoms with E-state index in [1.807, 2.05) is 0 Å². The van der Waals surface area contributed by atoms with Gasteiger partial charge in [0.1, 0.15) is 11.5 Å². The summed E-state index contributed by atoms with van der Waals surface area (Å²) in [5.41, 5.74) is -0.00731. The van der Waals surface area contributed by atoms with E-state index in [0.717, 1.165) is 0 Å². The van der Waals surface area contributed by atoms with Crippen LogP contribution in [0.1, 0.15) is 10.4 Å². The van der Waals surface area contributed by atoms with Crippen molar-refractivity contribution in [2.24, 2.45) is 0 Å². The first kappa shape index (κ1) is 15.5. The molecular weight excluding hydrogens is 410 g/mol. The number of ether oxygens (including phenoxy) is 1. The first-order chi connectivity index (χ1) is 9.86. The van der Waals surface area contributed by atoms with Gasteiger partial charge in [0, 0.05) is 10.5 Å². The number of aromatic carboxylic acids is 1. The molecule has 0 unspecified atom stereocenters. The second-order valence-corrected chi connectivity index (χ2v) is 5.72. The number of rotatable bonds is 4. The van der Waals surface area contributed by atoms with Gasteiger partial charge in [0.15, 0.2) is 0 Å². The van der Waals surface area contributed by atoms with Crippen LogP contribution >= 0.6 is 31.9 Å². The van der Waals surface area contributed by atoms with Crippen LogP contribution in [0.4, 0.5) is 5.69 Å². The fraction of sp³-hybridized carbons (Fsp3) is 0. The Labute approximate surface area is 135 Å². The summed E-state index contributed by atoms with van der Waals surface area (Å²) in [5, 5.41) is 19.7. The minimum Gasteiger partial charge on any atom is -0.478 e. The predicted molar refractivity (Wildman–Crippen MR) is 82.0 cm³/mol. The molecule has 2 aromatic carbocycles. The quantitative estimate of drug-likeness (QED) is 0.580. The van der Waals surface area contributed by atoms with Crippen LogP contribution in [0, 0.1) is 10.1 Å². The Hall–Kier alpha value is -1.93. The predicted octanol–water partition coefficient (Wildman–Crippen LogP) is 4.61. The molecule has 0 amide bonds. The molecule has 0 radical (unpaired) electrons. The number of carboxylic acids is 1. The van der Waals surface area contributed by atoms with Gasteiger partial charge in [-0.15, -0.1) is 0 Å². The number of carboxylic acid groups (broad SMARTS) is 1. The molecule has 0 aliphatic carbocycles. The first-order valence-corrected chi connectivity index (χ1v) is 7.11. The molecule has 0 saturated heterocycles. The normalized spacial score (nSPS) is 10.2. The van der Waals surface area contributed by atoms with Gasteiger partial charge in [-0.3, -0.25) is 10.1 Å². The summed E-state index contributed by atoms with van der Waals surface area (Å²) in [7, 11) is 0. The number of carbonyl (C=O) groups is 1. The Morgan fingerprint density at radius 3 is 2.48 bits per heavy atom. The van der Waals surface area contributed by atoms with Gasteiger partial charge < -0.3 is 9.84 Å². The number of nitro benzene ring substituents is 1. The van der Waals surface area contributed by atoms with Crippen molar-refractivity contribution in [3.8, 4) is 11.5 Å². The maximum Gasteiger partial charge on any atom is 0.335 e. The Morgan fingerprint density at radius 2 is 1.90 bits per heavy atom. The molecule has 2 aromatic rings. The number of nitrogens with zero attached hydrogens (tertiary/aromatic N) is 1. The Kier molecular flexibility index (Phi) is 4.59. The number of hydrogen-bond acceptors (Lipinski definition) is 4. The summed E-state index contributed by atoms with van der Waals surface area (Å²) in [6, 6.07) is 8.46. The molecule has 0 spiro atoms. The number of halogens is 2. The SMILES string of the molecule is O=C(O)c1ccc(Oc2cc(Br)cc([N+](=O)[O-])c2)c(Br)c1. The zero-order valence-electron chi connectivity index (χ0n) is 10.2. The van der Waals surface area contributed by atoms with Gasteiger partial charge in [-0.25, -0.2) is 4.79 Å². The van der Waals surface area contributed by atoms with Gasteiger partial charge in [-0.1, -0.05) is 15.9 Å². The topological polar surface area (TPSA) is 89.7 Å². The standard InChI is InChI=1S/C13H7Br2NO5/c14-8-4-9(16(19)20)6-10(5-8)21-12-2-1-7(13(17)18)3-11(12)15/h1-6H,(H,17,18). The average Bonchev–Trinajstić information content (AvgIpc) is 2.40. The van der Waals surface area contributed by atoms with Gasteiger partial charge in [-0.2, -0.15) is 0 Å². The van der Waals surface area contributed by atoms with E-state index >= 15 is 0 Å². The third-order valence-electron chi connectivity index (χ3n) is 2.47. The molecule has 6 nitrogen and oxygen atoms in total. The van der Waals surface area contributed by atoms with Gasteiger partial charge in [0.25, 0.3) is 5.69 Å². The lowest BCUT2D eigenvalue weighted by Crippen LogP contribution is -1.96. The number of nitro groups is 1. The van der Waals surface area contributed by atoms with E-state index in [2.05, 4.69) is 31.9 Å². The van der Waals surface area contributed by atoms with E-state index in [0.29, 0.717) is 14.7 Å². The van der Waals surface area contributed by atoms with Gasteiger partial charge in [-0.05, 0) is 40.2 Å². The summed E-state index contributed by atoms with van der Waals surface area (Å²) >= 11 is 6.37. The third kappa shape index (κ3) is 3.79. The monoisotopic (exact) mass is 415 g/mol. The lowest BCUT2D eigenvalue weighted by atomic mass is 10.2. The Morgan fingerprint density at radius 1 is 1.19 bits per heavy atom. The van der Waals surface area contributed by atoms with Crippen molar-refractivity contribution in [2.45, 2.75) is 0 Å². The summed E-state index contributed by atoms with van der Waals surface area (Å²) in [6.07, 6.45) is 0. The van der Waals surface area contributed by atoms with Crippen molar-refractivity contribution in [2.75, 3.05) is 0 Å². The van der Waals surface area contributed by atoms with Crippen LogP contribution in [0.5, 0.6) is 11.5 Å². The second-order valence-electron chi connectivity index (χ2n) is 3.95. The smallest absolute Gasteiger partial charge is 0.335 e. The van der Waals surface area contributed by atoms with E-state index in [4.69, 9.17) is 9.84 Å². The molecule has 1 N–H and O–H groups in total. The van der Waals surface area contributed by atoms with Crippen LogP contribution in [0.3, 0.4) is 0 Å². The molecule has 2 rings (SSSR count). The van der Waals surface area contributed by atoms with E-state index in [-0.39, 0.29) is 17.0 Å². The van der Waals surface area contributed by atoms with Crippen LogP contribution < -0.4 is 4.74 Å². The van der Waals surface area contributed by atoms with Crippen LogP contribution in [-0.2, 0) is 0 Å². The van der Waals surface area contributed by atoms with Crippen LogP contribution in [0.15, 0.2) is 45.3 Å². The minimum absolute atomic E-state index is 0.106. The van der Waals surface area contributed by atoms with Crippen LogP contribution in [0.2, 0.25) is 0 Å². The molecule has 0 saturated carbocycles. The highest BCUT2D eigenvalue weighted by molar-refractivity contribution is 9.10.